The summed E-state index contributed by atoms with van der Waals surface area (Å²) in [5.41, 5.74) is 1.24. The minimum Gasteiger partial charge on any atom is -0.325 e. The van der Waals surface area contributed by atoms with E-state index in [0.717, 1.165) is 37.8 Å². The highest BCUT2D eigenvalue weighted by molar-refractivity contribution is 5.97. The average molecular weight is 270 g/mol. The number of carbonyl (C=O) groups is 1. The minimum atomic E-state index is -0.819. The molecule has 1 fully saturated rings. The fourth-order valence-electron chi connectivity index (χ4n) is 2.84. The first-order valence-corrected chi connectivity index (χ1v) is 7.52. The summed E-state index contributed by atoms with van der Waals surface area (Å²) in [7, 11) is 0. The van der Waals surface area contributed by atoms with Crippen molar-refractivity contribution in [3.63, 3.8) is 0 Å². The van der Waals surface area contributed by atoms with Crippen LogP contribution < -0.4 is 5.32 Å². The lowest BCUT2D eigenvalue weighted by atomic mass is 9.74. The van der Waals surface area contributed by atoms with E-state index in [-0.39, 0.29) is 5.91 Å². The van der Waals surface area contributed by atoms with Crippen molar-refractivity contribution in [1.29, 1.82) is 5.26 Å². The molecule has 3 heteroatoms. The Kier molecular flexibility index (Phi) is 4.79. The molecule has 0 spiro atoms. The van der Waals surface area contributed by atoms with Crippen LogP contribution >= 0.6 is 0 Å². The molecule has 106 valence electrons. The molecule has 1 N–H and O–H groups in total. The zero-order chi connectivity index (χ0) is 14.4. The van der Waals surface area contributed by atoms with Crippen molar-refractivity contribution in [1.82, 2.24) is 0 Å². The summed E-state index contributed by atoms with van der Waals surface area (Å²) < 4.78 is 0. The lowest BCUT2D eigenvalue weighted by molar-refractivity contribution is -0.124. The van der Waals surface area contributed by atoms with E-state index in [4.69, 9.17) is 0 Å². The highest BCUT2D eigenvalue weighted by Gasteiger charge is 2.39. The van der Waals surface area contributed by atoms with E-state index in [2.05, 4.69) is 18.3 Å². The monoisotopic (exact) mass is 270 g/mol. The fourth-order valence-corrected chi connectivity index (χ4v) is 2.84. The maximum absolute atomic E-state index is 12.4. The molecule has 0 aliphatic heterocycles. The van der Waals surface area contributed by atoms with Crippen LogP contribution in [-0.4, -0.2) is 5.91 Å². The molecular weight excluding hydrogens is 248 g/mol. The lowest BCUT2D eigenvalue weighted by Crippen LogP contribution is -2.36. The second kappa shape index (κ2) is 6.56. The molecule has 0 heterocycles. The Bertz CT molecular complexity index is 493. The van der Waals surface area contributed by atoms with Crippen LogP contribution in [0.4, 0.5) is 5.69 Å². The quantitative estimate of drug-likeness (QED) is 0.897. The normalized spacial score (nSPS) is 17.2. The number of rotatable bonds is 4. The van der Waals surface area contributed by atoms with Crippen molar-refractivity contribution in [2.75, 3.05) is 5.32 Å². The largest absolute Gasteiger partial charge is 0.325 e. The predicted molar refractivity (Wildman–Crippen MR) is 80.2 cm³/mol. The zero-order valence-electron chi connectivity index (χ0n) is 12.1. The molecule has 20 heavy (non-hydrogen) atoms. The van der Waals surface area contributed by atoms with Gasteiger partial charge in [-0.2, -0.15) is 5.26 Å². The number of hydrogen-bond acceptors (Lipinski definition) is 2. The Morgan fingerprint density at radius 2 is 1.90 bits per heavy atom. The fraction of sp³-hybridized carbons (Fsp3) is 0.529. The lowest BCUT2D eigenvalue weighted by Gasteiger charge is -2.29. The minimum absolute atomic E-state index is 0.136. The number of carbonyl (C=O) groups excluding carboxylic acids is 1. The number of benzene rings is 1. The maximum atomic E-state index is 12.4. The average Bonchev–Trinajstić information content (AvgIpc) is 2.50. The van der Waals surface area contributed by atoms with Gasteiger partial charge in [0.25, 0.3) is 0 Å². The Balaban J connectivity index is 2.05. The standard InChI is InChI=1S/C17H22N2O/c1-2-6-14-7-9-15(10-8-14)19-16(20)17(13-18)11-4-3-5-12-17/h7-10H,2-6,11-12H2,1H3,(H,19,20). The van der Waals surface area contributed by atoms with Gasteiger partial charge in [-0.05, 0) is 37.0 Å². The molecule has 1 aliphatic rings. The number of anilines is 1. The van der Waals surface area contributed by atoms with E-state index < -0.39 is 5.41 Å². The van der Waals surface area contributed by atoms with Crippen LogP contribution in [0.3, 0.4) is 0 Å². The summed E-state index contributed by atoms with van der Waals surface area (Å²) in [6.07, 6.45) is 6.60. The Morgan fingerprint density at radius 1 is 1.25 bits per heavy atom. The Hall–Kier alpha value is -1.82. The molecular formula is C17H22N2O. The van der Waals surface area contributed by atoms with Crippen molar-refractivity contribution < 1.29 is 4.79 Å². The Morgan fingerprint density at radius 3 is 2.45 bits per heavy atom. The van der Waals surface area contributed by atoms with Crippen molar-refractivity contribution >= 4 is 11.6 Å². The molecule has 0 unspecified atom stereocenters. The van der Waals surface area contributed by atoms with E-state index in [1.807, 2.05) is 24.3 Å². The van der Waals surface area contributed by atoms with Crippen LogP contribution in [0.25, 0.3) is 0 Å². The molecule has 1 amide bonds. The van der Waals surface area contributed by atoms with Crippen molar-refractivity contribution in [3.05, 3.63) is 29.8 Å². The third kappa shape index (κ3) is 3.19. The molecule has 0 atom stereocenters. The molecule has 1 aliphatic carbocycles. The van der Waals surface area contributed by atoms with Crippen LogP contribution in [-0.2, 0) is 11.2 Å². The smallest absolute Gasteiger partial charge is 0.244 e. The molecule has 0 saturated heterocycles. The first kappa shape index (κ1) is 14.6. The third-order valence-electron chi connectivity index (χ3n) is 4.11. The maximum Gasteiger partial charge on any atom is 0.244 e. The van der Waals surface area contributed by atoms with Gasteiger partial charge in [0.1, 0.15) is 5.41 Å². The van der Waals surface area contributed by atoms with Gasteiger partial charge >= 0.3 is 0 Å². The van der Waals surface area contributed by atoms with Gasteiger partial charge in [-0.1, -0.05) is 44.7 Å². The van der Waals surface area contributed by atoms with Gasteiger partial charge in [0.2, 0.25) is 5.91 Å². The summed E-state index contributed by atoms with van der Waals surface area (Å²) in [5.74, 6) is -0.136. The molecule has 0 aromatic heterocycles. The van der Waals surface area contributed by atoms with E-state index in [1.165, 1.54) is 5.56 Å². The van der Waals surface area contributed by atoms with Gasteiger partial charge in [-0.15, -0.1) is 0 Å². The molecule has 1 aromatic carbocycles. The number of amides is 1. The SMILES string of the molecule is CCCc1ccc(NC(=O)C2(C#N)CCCCC2)cc1. The summed E-state index contributed by atoms with van der Waals surface area (Å²) in [6.45, 7) is 2.15. The van der Waals surface area contributed by atoms with Crippen molar-refractivity contribution in [3.8, 4) is 6.07 Å². The second-order valence-corrected chi connectivity index (χ2v) is 5.66. The van der Waals surface area contributed by atoms with Gasteiger partial charge in [0.05, 0.1) is 6.07 Å². The molecule has 0 radical (unpaired) electrons. The van der Waals surface area contributed by atoms with Crippen LogP contribution in [0.15, 0.2) is 24.3 Å². The van der Waals surface area contributed by atoms with Gasteiger partial charge < -0.3 is 5.32 Å². The topological polar surface area (TPSA) is 52.9 Å². The highest BCUT2D eigenvalue weighted by Crippen LogP contribution is 2.36. The number of nitrogens with one attached hydrogen (secondary N) is 1. The van der Waals surface area contributed by atoms with Gasteiger partial charge in [-0.25, -0.2) is 0 Å². The zero-order valence-corrected chi connectivity index (χ0v) is 12.1. The van der Waals surface area contributed by atoms with E-state index in [0.29, 0.717) is 12.8 Å². The van der Waals surface area contributed by atoms with E-state index in [9.17, 15) is 10.1 Å². The molecule has 0 bridgehead atoms. The Labute approximate surface area is 121 Å². The molecule has 2 rings (SSSR count). The van der Waals surface area contributed by atoms with Crippen LogP contribution in [0.1, 0.15) is 51.0 Å². The summed E-state index contributed by atoms with van der Waals surface area (Å²) in [5, 5.41) is 12.3. The predicted octanol–water partition coefficient (Wildman–Crippen LogP) is 4.05. The van der Waals surface area contributed by atoms with Gasteiger partial charge in [0, 0.05) is 5.69 Å². The number of nitriles is 1. The van der Waals surface area contributed by atoms with Gasteiger partial charge in [0.15, 0.2) is 0 Å². The second-order valence-electron chi connectivity index (χ2n) is 5.66. The summed E-state index contributed by atoms with van der Waals surface area (Å²) >= 11 is 0. The first-order chi connectivity index (χ1) is 9.70. The molecule has 1 saturated carbocycles. The number of hydrogen-bond donors (Lipinski definition) is 1. The molecule has 3 nitrogen and oxygen atoms in total. The van der Waals surface area contributed by atoms with E-state index >= 15 is 0 Å². The molecule has 1 aromatic rings. The van der Waals surface area contributed by atoms with Crippen LogP contribution in [0, 0.1) is 16.7 Å². The summed E-state index contributed by atoms with van der Waals surface area (Å²) in [4.78, 5) is 12.4. The highest BCUT2D eigenvalue weighted by atomic mass is 16.2. The van der Waals surface area contributed by atoms with Crippen LogP contribution in [0.5, 0.6) is 0 Å². The summed E-state index contributed by atoms with van der Waals surface area (Å²) in [6, 6.07) is 10.2. The third-order valence-corrected chi connectivity index (χ3v) is 4.11. The van der Waals surface area contributed by atoms with Crippen molar-refractivity contribution in [2.45, 2.75) is 51.9 Å². The van der Waals surface area contributed by atoms with Crippen molar-refractivity contribution in [2.24, 2.45) is 5.41 Å². The number of nitrogens with zero attached hydrogens (tertiary/aromatic N) is 1. The van der Waals surface area contributed by atoms with Gasteiger partial charge in [-0.3, -0.25) is 4.79 Å². The van der Waals surface area contributed by atoms with E-state index in [1.54, 1.807) is 0 Å². The first-order valence-electron chi connectivity index (χ1n) is 7.52. The number of aryl methyl sites for hydroxylation is 1. The van der Waals surface area contributed by atoms with Crippen LogP contribution in [0.2, 0.25) is 0 Å².